The molecular weight excluding hydrogens is 430 g/mol. The molecule has 4 aromatic rings. The Kier molecular flexibility index (Phi) is 5.32. The van der Waals surface area contributed by atoms with Crippen LogP contribution < -0.4 is 10.9 Å². The van der Waals surface area contributed by atoms with E-state index >= 15 is 0 Å². The van der Waals surface area contributed by atoms with Crippen molar-refractivity contribution in [2.24, 2.45) is 0 Å². The summed E-state index contributed by atoms with van der Waals surface area (Å²) in [7, 11) is 2.09. The molecule has 0 saturated carbocycles. The third kappa shape index (κ3) is 3.90. The van der Waals surface area contributed by atoms with Gasteiger partial charge >= 0.3 is 0 Å². The molecule has 1 aliphatic heterocycles. The summed E-state index contributed by atoms with van der Waals surface area (Å²) in [6.45, 7) is 13.1. The van der Waals surface area contributed by atoms with E-state index in [2.05, 4.69) is 54.7 Å². The van der Waals surface area contributed by atoms with E-state index in [-0.39, 0.29) is 11.0 Å². The summed E-state index contributed by atoms with van der Waals surface area (Å²) in [6, 6.07) is 7.83. The molecule has 176 valence electrons. The largest absolute Gasteiger partial charge is 0.307 e. The molecule has 1 N–H and O–H groups in total. The maximum atomic E-state index is 13.2. The Morgan fingerprint density at radius 1 is 1.21 bits per heavy atom. The Morgan fingerprint density at radius 2 is 2.03 bits per heavy atom. The van der Waals surface area contributed by atoms with Gasteiger partial charge in [-0.05, 0) is 19.2 Å². The van der Waals surface area contributed by atoms with E-state index in [1.165, 1.54) is 0 Å². The van der Waals surface area contributed by atoms with Gasteiger partial charge in [0.05, 0.1) is 18.8 Å². The van der Waals surface area contributed by atoms with E-state index in [4.69, 9.17) is 9.97 Å². The first kappa shape index (κ1) is 22.0. The van der Waals surface area contributed by atoms with Gasteiger partial charge in [0, 0.05) is 36.5 Å². The molecule has 1 aliphatic rings. The highest BCUT2D eigenvalue weighted by Gasteiger charge is 2.21. The number of allylic oxidation sites excluding steroid dienone is 1. The van der Waals surface area contributed by atoms with Crippen LogP contribution in [-0.4, -0.2) is 52.6 Å². The van der Waals surface area contributed by atoms with Crippen molar-refractivity contribution in [3.8, 4) is 5.82 Å². The molecule has 34 heavy (non-hydrogen) atoms. The monoisotopic (exact) mass is 459 g/mol. The Bertz CT molecular complexity index is 1440. The number of hydrogen-bond donors (Lipinski definition) is 1. The lowest BCUT2D eigenvalue weighted by Crippen LogP contribution is -2.30. The third-order valence-corrected chi connectivity index (χ3v) is 5.93. The van der Waals surface area contributed by atoms with Crippen molar-refractivity contribution >= 4 is 22.8 Å². The van der Waals surface area contributed by atoms with Crippen molar-refractivity contribution in [3.05, 3.63) is 64.9 Å². The third-order valence-electron chi connectivity index (χ3n) is 5.93. The summed E-state index contributed by atoms with van der Waals surface area (Å²) >= 11 is 0. The number of likely N-dealkylation sites (N-methyl/N-ethyl adjacent to an activating group) is 1. The Morgan fingerprint density at radius 3 is 2.79 bits per heavy atom. The van der Waals surface area contributed by atoms with Crippen LogP contribution in [0.3, 0.4) is 0 Å². The van der Waals surface area contributed by atoms with Crippen molar-refractivity contribution in [1.29, 1.82) is 0 Å². The van der Waals surface area contributed by atoms with E-state index < -0.39 is 0 Å². The van der Waals surface area contributed by atoms with Gasteiger partial charge in [-0.3, -0.25) is 14.4 Å². The second-order valence-electron chi connectivity index (χ2n) is 9.66. The summed E-state index contributed by atoms with van der Waals surface area (Å²) in [5.74, 6) is 1.66. The van der Waals surface area contributed by atoms with Gasteiger partial charge in [-0.2, -0.15) is 10.1 Å². The number of rotatable bonds is 5. The van der Waals surface area contributed by atoms with Crippen molar-refractivity contribution in [2.45, 2.75) is 45.8 Å². The fraction of sp³-hybridized carbons (Fsp3) is 0.375. The molecule has 0 saturated heterocycles. The standard InChI is InChI=1S/C24H29N9O/c1-6-10-32-22(34)17-14-25-23(27-19-13-16-15-30(5)11-12-31(16)29-19)28-21(17)33(32)20-9-7-8-18(26-20)24(2,3)4/h6-9,13-14H,1,10-12,15H2,2-5H3,(H,25,27,28,29). The van der Waals surface area contributed by atoms with Gasteiger partial charge in [0.2, 0.25) is 5.95 Å². The van der Waals surface area contributed by atoms with E-state index in [1.807, 2.05) is 28.9 Å². The van der Waals surface area contributed by atoms with Gasteiger partial charge in [-0.1, -0.05) is 32.9 Å². The van der Waals surface area contributed by atoms with Crippen LogP contribution in [0.5, 0.6) is 0 Å². The molecule has 5 heterocycles. The summed E-state index contributed by atoms with van der Waals surface area (Å²) < 4.78 is 5.32. The van der Waals surface area contributed by atoms with Gasteiger partial charge in [-0.25, -0.2) is 19.3 Å². The lowest BCUT2D eigenvalue weighted by molar-refractivity contribution is 0.259. The summed E-state index contributed by atoms with van der Waals surface area (Å²) in [6.07, 6.45) is 3.24. The van der Waals surface area contributed by atoms with Gasteiger partial charge in [0.25, 0.3) is 5.56 Å². The van der Waals surface area contributed by atoms with Gasteiger partial charge in [0.1, 0.15) is 5.39 Å². The zero-order valence-corrected chi connectivity index (χ0v) is 20.0. The highest BCUT2D eigenvalue weighted by molar-refractivity contribution is 5.76. The predicted molar refractivity (Wildman–Crippen MR) is 132 cm³/mol. The number of fused-ring (bicyclic) bond motifs is 2. The van der Waals surface area contributed by atoms with Gasteiger partial charge < -0.3 is 5.32 Å². The van der Waals surface area contributed by atoms with Crippen LogP contribution in [0.4, 0.5) is 11.8 Å². The first-order chi connectivity index (χ1) is 16.2. The topological polar surface area (TPSA) is 98.7 Å². The molecule has 0 bridgehead atoms. The number of aromatic nitrogens is 7. The summed E-state index contributed by atoms with van der Waals surface area (Å²) in [4.78, 5) is 29.4. The van der Waals surface area contributed by atoms with Crippen LogP contribution in [0.2, 0.25) is 0 Å². The molecule has 0 radical (unpaired) electrons. The molecule has 10 heteroatoms. The van der Waals surface area contributed by atoms with Crippen molar-refractivity contribution in [3.63, 3.8) is 0 Å². The minimum Gasteiger partial charge on any atom is -0.307 e. The van der Waals surface area contributed by atoms with E-state index in [0.29, 0.717) is 35.2 Å². The highest BCUT2D eigenvalue weighted by Crippen LogP contribution is 2.23. The summed E-state index contributed by atoms with van der Waals surface area (Å²) in [5.41, 5.74) is 2.20. The molecule has 0 aromatic carbocycles. The van der Waals surface area contributed by atoms with Gasteiger partial charge in [0.15, 0.2) is 17.3 Å². The number of nitrogens with one attached hydrogen (secondary N) is 1. The second-order valence-corrected chi connectivity index (χ2v) is 9.66. The average Bonchev–Trinajstić information content (AvgIpc) is 3.31. The van der Waals surface area contributed by atoms with Crippen LogP contribution >= 0.6 is 0 Å². The lowest BCUT2D eigenvalue weighted by Gasteiger charge is -2.22. The molecule has 0 spiro atoms. The number of anilines is 2. The number of nitrogens with zero attached hydrogens (tertiary/aromatic N) is 8. The zero-order valence-electron chi connectivity index (χ0n) is 20.0. The molecule has 10 nitrogen and oxygen atoms in total. The SMILES string of the molecule is C=CCn1c(=O)c2cnc(Nc3cc4n(n3)CCN(C)C4)nc2n1-c1cccc(C(C)(C)C)n1. The zero-order chi connectivity index (χ0) is 24.0. The number of pyridine rings is 1. The maximum absolute atomic E-state index is 13.2. The average molecular weight is 460 g/mol. The van der Waals surface area contributed by atoms with Crippen LogP contribution in [0.1, 0.15) is 32.2 Å². The Hall–Kier alpha value is -3.79. The van der Waals surface area contributed by atoms with Crippen LogP contribution in [-0.2, 0) is 25.0 Å². The molecule has 0 atom stereocenters. The fourth-order valence-corrected chi connectivity index (χ4v) is 4.14. The van der Waals surface area contributed by atoms with E-state index in [9.17, 15) is 4.79 Å². The first-order valence-electron chi connectivity index (χ1n) is 11.3. The minimum absolute atomic E-state index is 0.140. The fourth-order valence-electron chi connectivity index (χ4n) is 4.14. The first-order valence-corrected chi connectivity index (χ1v) is 11.3. The molecular formula is C24H29N9O. The van der Waals surface area contributed by atoms with Gasteiger partial charge in [-0.15, -0.1) is 6.58 Å². The molecule has 0 unspecified atom stereocenters. The van der Waals surface area contributed by atoms with Crippen molar-refractivity contribution < 1.29 is 0 Å². The summed E-state index contributed by atoms with van der Waals surface area (Å²) in [5, 5.41) is 8.25. The maximum Gasteiger partial charge on any atom is 0.278 e. The van der Waals surface area contributed by atoms with E-state index in [0.717, 1.165) is 31.0 Å². The quantitative estimate of drug-likeness (QED) is 0.458. The minimum atomic E-state index is -0.190. The van der Waals surface area contributed by atoms with Crippen LogP contribution in [0, 0.1) is 0 Å². The van der Waals surface area contributed by atoms with Crippen molar-refractivity contribution in [1.82, 2.24) is 39.0 Å². The Balaban J connectivity index is 1.61. The van der Waals surface area contributed by atoms with E-state index in [1.54, 1.807) is 21.6 Å². The molecule has 0 amide bonds. The molecule has 5 rings (SSSR count). The Labute approximate surface area is 197 Å². The molecule has 0 fully saturated rings. The van der Waals surface area contributed by atoms with Crippen molar-refractivity contribution in [2.75, 3.05) is 18.9 Å². The second kappa shape index (κ2) is 8.21. The van der Waals surface area contributed by atoms with Crippen LogP contribution in [0.15, 0.2) is 47.9 Å². The predicted octanol–water partition coefficient (Wildman–Crippen LogP) is 2.85. The smallest absolute Gasteiger partial charge is 0.278 e. The highest BCUT2D eigenvalue weighted by atomic mass is 16.1. The molecule has 4 aromatic heterocycles. The normalized spacial score (nSPS) is 14.4. The molecule has 0 aliphatic carbocycles. The number of hydrogen-bond acceptors (Lipinski definition) is 7. The van der Waals surface area contributed by atoms with Crippen LogP contribution in [0.25, 0.3) is 16.9 Å². The lowest BCUT2D eigenvalue weighted by atomic mass is 9.92.